The summed E-state index contributed by atoms with van der Waals surface area (Å²) in [7, 11) is 1.50. The van der Waals surface area contributed by atoms with Crippen LogP contribution in [0.3, 0.4) is 0 Å². The lowest BCUT2D eigenvalue weighted by atomic mass is 9.91. The zero-order valence-corrected chi connectivity index (χ0v) is 15.5. The Balaban J connectivity index is 1.98. The summed E-state index contributed by atoms with van der Waals surface area (Å²) in [6.07, 6.45) is 1.48. The SMILES string of the molecule is COc1cc(C#N)cc(-c2ccc(C)cc2)c1C(=O)c1coc2ccccc12. The van der Waals surface area contributed by atoms with Crippen molar-refractivity contribution >= 4 is 16.8 Å². The quantitative estimate of drug-likeness (QED) is 0.446. The lowest BCUT2D eigenvalue weighted by Gasteiger charge is -2.14. The van der Waals surface area contributed by atoms with Crippen LogP contribution in [0.2, 0.25) is 0 Å². The van der Waals surface area contributed by atoms with Crippen LogP contribution in [0.15, 0.2) is 71.3 Å². The van der Waals surface area contributed by atoms with E-state index in [1.165, 1.54) is 13.4 Å². The van der Waals surface area contributed by atoms with Crippen LogP contribution in [0.1, 0.15) is 27.0 Å². The number of hydrogen-bond acceptors (Lipinski definition) is 4. The predicted molar refractivity (Wildman–Crippen MR) is 108 cm³/mol. The van der Waals surface area contributed by atoms with E-state index in [1.807, 2.05) is 55.5 Å². The number of hydrogen-bond donors (Lipinski definition) is 0. The fourth-order valence-electron chi connectivity index (χ4n) is 3.32. The smallest absolute Gasteiger partial charge is 0.201 e. The van der Waals surface area contributed by atoms with Crippen molar-refractivity contribution in [1.82, 2.24) is 0 Å². The number of benzene rings is 3. The fraction of sp³-hybridized carbons (Fsp3) is 0.0833. The number of ether oxygens (including phenoxy) is 1. The number of rotatable bonds is 4. The highest BCUT2D eigenvalue weighted by Gasteiger charge is 2.24. The Hall–Kier alpha value is -3.84. The Morgan fingerprint density at radius 3 is 2.54 bits per heavy atom. The van der Waals surface area contributed by atoms with Gasteiger partial charge in [0, 0.05) is 5.39 Å². The molecule has 4 nitrogen and oxygen atoms in total. The Morgan fingerprint density at radius 2 is 1.82 bits per heavy atom. The van der Waals surface area contributed by atoms with Crippen LogP contribution >= 0.6 is 0 Å². The molecule has 0 unspecified atom stereocenters. The minimum Gasteiger partial charge on any atom is -0.496 e. The van der Waals surface area contributed by atoms with E-state index in [4.69, 9.17) is 9.15 Å². The van der Waals surface area contributed by atoms with Crippen molar-refractivity contribution in [3.63, 3.8) is 0 Å². The minimum absolute atomic E-state index is 0.207. The molecule has 1 aromatic heterocycles. The molecule has 0 aliphatic heterocycles. The normalized spacial score (nSPS) is 10.6. The number of furan rings is 1. The summed E-state index contributed by atoms with van der Waals surface area (Å²) in [5, 5.41) is 10.2. The number of methoxy groups -OCH3 is 1. The Morgan fingerprint density at radius 1 is 1.07 bits per heavy atom. The Bertz CT molecular complexity index is 1230. The first-order valence-corrected chi connectivity index (χ1v) is 8.82. The summed E-state index contributed by atoms with van der Waals surface area (Å²) in [5.41, 5.74) is 4.57. The molecule has 4 aromatic rings. The van der Waals surface area contributed by atoms with Gasteiger partial charge in [0.2, 0.25) is 5.78 Å². The minimum atomic E-state index is -0.207. The zero-order chi connectivity index (χ0) is 19.7. The Labute approximate surface area is 162 Å². The van der Waals surface area contributed by atoms with Crippen molar-refractivity contribution in [1.29, 1.82) is 5.26 Å². The van der Waals surface area contributed by atoms with Crippen LogP contribution in [0.25, 0.3) is 22.1 Å². The third-order valence-electron chi connectivity index (χ3n) is 4.77. The average Bonchev–Trinajstić information content (AvgIpc) is 3.17. The summed E-state index contributed by atoms with van der Waals surface area (Å²) in [4.78, 5) is 13.5. The van der Waals surface area contributed by atoms with Gasteiger partial charge >= 0.3 is 0 Å². The van der Waals surface area contributed by atoms with Crippen LogP contribution in [0.5, 0.6) is 5.75 Å². The second-order valence-electron chi connectivity index (χ2n) is 6.55. The van der Waals surface area contributed by atoms with Gasteiger partial charge in [0.15, 0.2) is 0 Å². The average molecular weight is 367 g/mol. The first-order chi connectivity index (χ1) is 13.6. The maximum atomic E-state index is 13.5. The van der Waals surface area contributed by atoms with E-state index >= 15 is 0 Å². The van der Waals surface area contributed by atoms with Gasteiger partial charge in [0.1, 0.15) is 17.6 Å². The topological polar surface area (TPSA) is 63.2 Å². The second kappa shape index (κ2) is 7.05. The third kappa shape index (κ3) is 2.93. The molecular formula is C24H17NO3. The summed E-state index contributed by atoms with van der Waals surface area (Å²) >= 11 is 0. The molecule has 136 valence electrons. The van der Waals surface area contributed by atoms with Gasteiger partial charge in [-0.1, -0.05) is 48.0 Å². The zero-order valence-electron chi connectivity index (χ0n) is 15.5. The van der Waals surface area contributed by atoms with Crippen LogP contribution in [0, 0.1) is 18.3 Å². The van der Waals surface area contributed by atoms with Crippen molar-refractivity contribution in [2.75, 3.05) is 7.11 Å². The maximum absolute atomic E-state index is 13.5. The van der Waals surface area contributed by atoms with Gasteiger partial charge in [-0.25, -0.2) is 0 Å². The number of aryl methyl sites for hydroxylation is 1. The number of fused-ring (bicyclic) bond motifs is 1. The standard InChI is InChI=1S/C24H17NO3/c1-15-7-9-17(10-8-15)19-11-16(13-25)12-22(27-2)23(19)24(26)20-14-28-21-6-4-3-5-18(20)21/h3-12,14H,1-2H3. The highest BCUT2D eigenvalue weighted by atomic mass is 16.5. The highest BCUT2D eigenvalue weighted by molar-refractivity contribution is 6.20. The third-order valence-corrected chi connectivity index (χ3v) is 4.77. The molecule has 28 heavy (non-hydrogen) atoms. The number of carbonyl (C=O) groups excluding carboxylic acids is 1. The second-order valence-corrected chi connectivity index (χ2v) is 6.55. The molecule has 4 rings (SSSR count). The molecule has 0 saturated heterocycles. The molecule has 1 heterocycles. The predicted octanol–water partition coefficient (Wildman–Crippen LogP) is 5.52. The van der Waals surface area contributed by atoms with E-state index in [1.54, 1.807) is 12.1 Å². The number of nitriles is 1. The van der Waals surface area contributed by atoms with Gasteiger partial charge in [0.05, 0.1) is 29.9 Å². The van der Waals surface area contributed by atoms with Crippen molar-refractivity contribution in [2.24, 2.45) is 0 Å². The van der Waals surface area contributed by atoms with Gasteiger partial charge in [-0.05, 0) is 36.2 Å². The molecule has 0 spiro atoms. The first-order valence-electron chi connectivity index (χ1n) is 8.82. The summed E-state index contributed by atoms with van der Waals surface area (Å²) in [6, 6.07) is 20.7. The molecule has 3 aromatic carbocycles. The van der Waals surface area contributed by atoms with Gasteiger partial charge < -0.3 is 9.15 Å². The van der Waals surface area contributed by atoms with E-state index < -0.39 is 0 Å². The summed E-state index contributed by atoms with van der Waals surface area (Å²) in [5.74, 6) is 0.159. The highest BCUT2D eigenvalue weighted by Crippen LogP contribution is 2.36. The van der Waals surface area contributed by atoms with E-state index in [0.29, 0.717) is 33.6 Å². The monoisotopic (exact) mass is 367 g/mol. The van der Waals surface area contributed by atoms with Crippen LogP contribution in [-0.4, -0.2) is 12.9 Å². The molecule has 0 amide bonds. The molecule has 4 heteroatoms. The number of para-hydroxylation sites is 1. The van der Waals surface area contributed by atoms with Crippen LogP contribution < -0.4 is 4.74 Å². The van der Waals surface area contributed by atoms with E-state index in [-0.39, 0.29) is 5.78 Å². The number of ketones is 1. The molecule has 0 atom stereocenters. The van der Waals surface area contributed by atoms with Gasteiger partial charge in [-0.2, -0.15) is 5.26 Å². The molecule has 0 fully saturated rings. The maximum Gasteiger partial charge on any atom is 0.201 e. The van der Waals surface area contributed by atoms with Crippen molar-refractivity contribution in [3.05, 3.63) is 89.2 Å². The summed E-state index contributed by atoms with van der Waals surface area (Å²) in [6.45, 7) is 2.00. The summed E-state index contributed by atoms with van der Waals surface area (Å²) < 4.78 is 11.1. The Kier molecular flexibility index (Phi) is 4.42. The van der Waals surface area contributed by atoms with Crippen LogP contribution in [0.4, 0.5) is 0 Å². The molecular weight excluding hydrogens is 350 g/mol. The van der Waals surface area contributed by atoms with Gasteiger partial charge in [-0.15, -0.1) is 0 Å². The number of carbonyl (C=O) groups is 1. The molecule has 0 aliphatic rings. The molecule has 0 aliphatic carbocycles. The van der Waals surface area contributed by atoms with Crippen molar-refractivity contribution in [3.8, 4) is 22.9 Å². The van der Waals surface area contributed by atoms with Crippen molar-refractivity contribution in [2.45, 2.75) is 6.92 Å². The molecule has 0 saturated carbocycles. The molecule has 0 bridgehead atoms. The lowest BCUT2D eigenvalue weighted by Crippen LogP contribution is -2.06. The van der Waals surface area contributed by atoms with Gasteiger partial charge in [0.25, 0.3) is 0 Å². The molecule has 0 N–H and O–H groups in total. The van der Waals surface area contributed by atoms with Gasteiger partial charge in [-0.3, -0.25) is 4.79 Å². The first kappa shape index (κ1) is 17.6. The number of nitrogens with zero attached hydrogens (tertiary/aromatic N) is 1. The van der Waals surface area contributed by atoms with Crippen molar-refractivity contribution < 1.29 is 13.9 Å². The largest absolute Gasteiger partial charge is 0.496 e. The lowest BCUT2D eigenvalue weighted by molar-refractivity contribution is 0.103. The van der Waals surface area contributed by atoms with E-state index in [2.05, 4.69) is 6.07 Å². The van der Waals surface area contributed by atoms with E-state index in [0.717, 1.165) is 16.5 Å². The van der Waals surface area contributed by atoms with Crippen LogP contribution in [-0.2, 0) is 0 Å². The van der Waals surface area contributed by atoms with E-state index in [9.17, 15) is 10.1 Å². The molecule has 0 radical (unpaired) electrons. The fourth-order valence-corrected chi connectivity index (χ4v) is 3.32.